The quantitative estimate of drug-likeness (QED) is 0.462. The molecule has 29 heavy (non-hydrogen) atoms. The van der Waals surface area contributed by atoms with Gasteiger partial charge in [0.05, 0.1) is 43.7 Å². The molecule has 1 N–H and O–H groups in total. The van der Waals surface area contributed by atoms with Crippen molar-refractivity contribution in [2.24, 2.45) is 0 Å². The van der Waals surface area contributed by atoms with E-state index in [1.165, 1.54) is 40.5 Å². The van der Waals surface area contributed by atoms with Crippen LogP contribution in [0.25, 0.3) is 10.2 Å². The number of carboxylic acid groups (broad SMARTS) is 1. The largest absolute Gasteiger partial charge is 0.481 e. The number of aliphatic carboxylic acids is 1. The Morgan fingerprint density at radius 1 is 1.24 bits per heavy atom. The predicted octanol–water partition coefficient (Wildman–Crippen LogP) is 5.88. The minimum atomic E-state index is -1.09. The summed E-state index contributed by atoms with van der Waals surface area (Å²) in [5, 5.41) is 9.73. The lowest BCUT2D eigenvalue weighted by Gasteiger charge is -2.32. The molecule has 5 nitrogen and oxygen atoms in total. The van der Waals surface area contributed by atoms with Crippen molar-refractivity contribution < 1.29 is 19.1 Å². The van der Waals surface area contributed by atoms with Gasteiger partial charge in [-0.1, -0.05) is 34.8 Å². The first kappa shape index (κ1) is 20.7. The summed E-state index contributed by atoms with van der Waals surface area (Å²) < 4.78 is 14.5. The molecule has 0 saturated heterocycles. The van der Waals surface area contributed by atoms with E-state index < -0.39 is 22.9 Å². The van der Waals surface area contributed by atoms with Gasteiger partial charge in [-0.2, -0.15) is 0 Å². The van der Waals surface area contributed by atoms with Gasteiger partial charge in [0.25, 0.3) is 0 Å². The summed E-state index contributed by atoms with van der Waals surface area (Å²) in [6, 6.07) is 5.58. The maximum Gasteiger partial charge on any atom is 0.305 e. The Balaban J connectivity index is 1.77. The van der Waals surface area contributed by atoms with E-state index in [1.807, 2.05) is 0 Å². The normalized spacial score (nSPS) is 16.3. The summed E-state index contributed by atoms with van der Waals surface area (Å²) in [6.45, 7) is 0.0234. The van der Waals surface area contributed by atoms with Crippen LogP contribution in [0.1, 0.15) is 11.4 Å². The molecule has 0 bridgehead atoms. The zero-order valence-corrected chi connectivity index (χ0v) is 18.2. The number of fused-ring (bicyclic) bond motifs is 2. The Labute approximate surface area is 187 Å². The van der Waals surface area contributed by atoms with Crippen molar-refractivity contribution in [1.29, 1.82) is 0 Å². The monoisotopic (exact) mass is 490 g/mol. The third-order valence-corrected chi connectivity index (χ3v) is 7.75. The molecule has 0 aliphatic carbocycles. The molecule has 0 radical (unpaired) electrons. The Morgan fingerprint density at radius 3 is 2.72 bits per heavy atom. The van der Waals surface area contributed by atoms with E-state index in [9.17, 15) is 14.0 Å². The molecular weight excluding hydrogens is 482 g/mol. The molecule has 2 heterocycles. The van der Waals surface area contributed by atoms with Gasteiger partial charge in [0.2, 0.25) is 5.91 Å². The number of benzene rings is 2. The molecule has 2 aromatic carbocycles. The smallest absolute Gasteiger partial charge is 0.305 e. The van der Waals surface area contributed by atoms with E-state index in [2.05, 4.69) is 4.98 Å². The van der Waals surface area contributed by atoms with E-state index in [0.29, 0.717) is 30.8 Å². The van der Waals surface area contributed by atoms with Crippen LogP contribution in [0.4, 0.5) is 10.1 Å². The summed E-state index contributed by atoms with van der Waals surface area (Å²) in [5.74, 6) is -2.01. The van der Waals surface area contributed by atoms with Crippen molar-refractivity contribution in [3.05, 3.63) is 50.2 Å². The minimum Gasteiger partial charge on any atom is -0.481 e. The Morgan fingerprint density at radius 2 is 2.00 bits per heavy atom. The molecule has 3 aromatic rings. The molecule has 4 rings (SSSR count). The van der Waals surface area contributed by atoms with Gasteiger partial charge in [0.1, 0.15) is 16.3 Å². The van der Waals surface area contributed by atoms with Gasteiger partial charge < -0.3 is 10.0 Å². The molecule has 11 heteroatoms. The van der Waals surface area contributed by atoms with Crippen LogP contribution < -0.4 is 4.90 Å². The number of carbonyl (C=O) groups is 2. The van der Waals surface area contributed by atoms with Crippen molar-refractivity contribution in [3.8, 4) is 0 Å². The molecule has 1 amide bonds. The van der Waals surface area contributed by atoms with Gasteiger partial charge in [-0.15, -0.1) is 23.1 Å². The van der Waals surface area contributed by atoms with Crippen molar-refractivity contribution >= 4 is 85.7 Å². The fraction of sp³-hybridized carbons (Fsp3) is 0.167. The van der Waals surface area contributed by atoms with Crippen molar-refractivity contribution in [3.63, 3.8) is 0 Å². The highest BCUT2D eigenvalue weighted by Crippen LogP contribution is 2.43. The van der Waals surface area contributed by atoms with Crippen LogP contribution in [-0.4, -0.2) is 27.2 Å². The highest BCUT2D eigenvalue weighted by atomic mass is 35.5. The molecular formula is C18H10Cl3FN2O3S2. The highest BCUT2D eigenvalue weighted by molar-refractivity contribution is 8.01. The number of amides is 1. The van der Waals surface area contributed by atoms with Gasteiger partial charge in [-0.25, -0.2) is 9.37 Å². The second-order valence-electron chi connectivity index (χ2n) is 6.18. The number of hydrogen-bond acceptors (Lipinski definition) is 5. The summed E-state index contributed by atoms with van der Waals surface area (Å²) in [6.07, 6.45) is -0.343. The molecule has 1 aromatic heterocycles. The standard InChI is InChI=1S/C18H10Cl3FN2O3S2/c19-8-4-9(20)17-16(15(8)21)23-13(29-17)6-24-10-3-7(22)1-2-11(10)28-12(18(24)27)5-14(25)26/h1-4,12H,5-6H2,(H,25,26). The molecule has 1 aliphatic rings. The predicted molar refractivity (Wildman–Crippen MR) is 114 cm³/mol. The number of thiazole rings is 1. The van der Waals surface area contributed by atoms with Crippen LogP contribution in [0.5, 0.6) is 0 Å². The maximum atomic E-state index is 13.9. The molecule has 1 aliphatic heterocycles. The number of anilines is 1. The van der Waals surface area contributed by atoms with E-state index in [4.69, 9.17) is 39.9 Å². The number of hydrogen-bond donors (Lipinski definition) is 1. The topological polar surface area (TPSA) is 70.5 Å². The number of carbonyl (C=O) groups excluding carboxylic acids is 1. The van der Waals surface area contributed by atoms with Crippen LogP contribution in [0.3, 0.4) is 0 Å². The van der Waals surface area contributed by atoms with Crippen molar-refractivity contribution in [2.75, 3.05) is 4.90 Å². The van der Waals surface area contributed by atoms with Crippen LogP contribution in [0, 0.1) is 5.82 Å². The first-order valence-electron chi connectivity index (χ1n) is 8.17. The van der Waals surface area contributed by atoms with E-state index in [1.54, 1.807) is 0 Å². The lowest BCUT2D eigenvalue weighted by atomic mass is 10.2. The number of halogens is 4. The van der Waals surface area contributed by atoms with Gasteiger partial charge >= 0.3 is 5.97 Å². The molecule has 0 spiro atoms. The zero-order chi connectivity index (χ0) is 20.9. The minimum absolute atomic E-state index is 0.0234. The fourth-order valence-corrected chi connectivity index (χ4v) is 5.96. The highest BCUT2D eigenvalue weighted by Gasteiger charge is 2.35. The molecule has 0 saturated carbocycles. The van der Waals surface area contributed by atoms with E-state index in [-0.39, 0.29) is 23.0 Å². The number of rotatable bonds is 4. The molecule has 150 valence electrons. The van der Waals surface area contributed by atoms with Gasteiger partial charge in [0.15, 0.2) is 0 Å². The maximum absolute atomic E-state index is 13.9. The van der Waals surface area contributed by atoms with Crippen molar-refractivity contribution in [1.82, 2.24) is 4.98 Å². The Hall–Kier alpha value is -1.58. The Bertz CT molecular complexity index is 1170. The average Bonchev–Trinajstić information content (AvgIpc) is 3.08. The van der Waals surface area contributed by atoms with E-state index in [0.717, 1.165) is 11.8 Å². The number of thioether (sulfide) groups is 1. The second kappa shape index (κ2) is 7.92. The third kappa shape index (κ3) is 3.92. The zero-order valence-electron chi connectivity index (χ0n) is 14.3. The summed E-state index contributed by atoms with van der Waals surface area (Å²) >= 11 is 20.9. The lowest BCUT2D eigenvalue weighted by molar-refractivity contribution is -0.138. The SMILES string of the molecule is O=C(O)CC1Sc2ccc(F)cc2N(Cc2nc3c(Cl)c(Cl)cc(Cl)c3s2)C1=O. The molecule has 1 atom stereocenters. The van der Waals surface area contributed by atoms with Gasteiger partial charge in [-0.05, 0) is 24.3 Å². The van der Waals surface area contributed by atoms with E-state index >= 15 is 0 Å². The summed E-state index contributed by atoms with van der Waals surface area (Å²) in [4.78, 5) is 30.6. The number of nitrogens with zero attached hydrogens (tertiary/aromatic N) is 2. The van der Waals surface area contributed by atoms with Gasteiger partial charge in [0, 0.05) is 4.90 Å². The average molecular weight is 492 g/mol. The lowest BCUT2D eigenvalue weighted by Crippen LogP contribution is -2.41. The number of aromatic nitrogens is 1. The second-order valence-corrected chi connectivity index (χ2v) is 9.70. The first-order chi connectivity index (χ1) is 13.7. The van der Waals surface area contributed by atoms with Crippen LogP contribution in [0.2, 0.25) is 15.1 Å². The molecule has 0 fully saturated rings. The van der Waals surface area contributed by atoms with Crippen LogP contribution in [0.15, 0.2) is 29.2 Å². The summed E-state index contributed by atoms with van der Waals surface area (Å²) in [7, 11) is 0. The molecule has 1 unspecified atom stereocenters. The van der Waals surface area contributed by atoms with Crippen molar-refractivity contribution in [2.45, 2.75) is 23.1 Å². The summed E-state index contributed by atoms with van der Waals surface area (Å²) in [5.41, 5.74) is 0.792. The van der Waals surface area contributed by atoms with Gasteiger partial charge in [-0.3, -0.25) is 9.59 Å². The Kier molecular flexibility index (Phi) is 5.65. The fourth-order valence-electron chi connectivity index (χ4n) is 2.98. The third-order valence-electron chi connectivity index (χ3n) is 4.24. The number of carboxylic acids is 1. The first-order valence-corrected chi connectivity index (χ1v) is 11.0. The van der Waals surface area contributed by atoms with Crippen LogP contribution >= 0.6 is 57.9 Å². The van der Waals surface area contributed by atoms with Crippen LogP contribution in [-0.2, 0) is 16.1 Å².